The molecule has 1 heterocycles. The standard InChI is InChI=1S/C17H18N4O2S/c1-21(2)13-8-9-16(14(18)11-13)24(22,23)20-15-7-3-5-12-6-4-10-19-17(12)15/h3-11,20H,18H2,1-2H3. The molecule has 0 saturated carbocycles. The second kappa shape index (κ2) is 6.01. The van der Waals surface area contributed by atoms with Gasteiger partial charge in [-0.1, -0.05) is 18.2 Å². The molecule has 0 radical (unpaired) electrons. The molecule has 3 N–H and O–H groups in total. The van der Waals surface area contributed by atoms with Gasteiger partial charge in [-0.05, 0) is 30.3 Å². The fourth-order valence-corrected chi connectivity index (χ4v) is 3.63. The number of nitrogens with one attached hydrogen (secondary N) is 1. The zero-order valence-corrected chi connectivity index (χ0v) is 14.2. The summed E-state index contributed by atoms with van der Waals surface area (Å²) in [5.41, 5.74) is 7.99. The monoisotopic (exact) mass is 342 g/mol. The summed E-state index contributed by atoms with van der Waals surface area (Å²) in [6.45, 7) is 0. The maximum atomic E-state index is 12.7. The minimum atomic E-state index is -3.81. The third-order valence-corrected chi connectivity index (χ3v) is 5.12. The van der Waals surface area contributed by atoms with E-state index in [2.05, 4.69) is 9.71 Å². The van der Waals surface area contributed by atoms with Crippen LogP contribution in [0.5, 0.6) is 0 Å². The summed E-state index contributed by atoms with van der Waals surface area (Å²) >= 11 is 0. The van der Waals surface area contributed by atoms with E-state index in [0.29, 0.717) is 11.2 Å². The highest BCUT2D eigenvalue weighted by Gasteiger charge is 2.19. The van der Waals surface area contributed by atoms with Gasteiger partial charge >= 0.3 is 0 Å². The summed E-state index contributed by atoms with van der Waals surface area (Å²) in [5, 5.41) is 0.855. The number of benzene rings is 2. The van der Waals surface area contributed by atoms with Crippen LogP contribution in [0.15, 0.2) is 59.6 Å². The number of pyridine rings is 1. The summed E-state index contributed by atoms with van der Waals surface area (Å²) in [6.07, 6.45) is 1.63. The first-order valence-corrected chi connectivity index (χ1v) is 8.80. The van der Waals surface area contributed by atoms with Gasteiger partial charge in [0.15, 0.2) is 0 Å². The minimum absolute atomic E-state index is 0.0426. The summed E-state index contributed by atoms with van der Waals surface area (Å²) in [7, 11) is -0.0833. The van der Waals surface area contributed by atoms with Crippen LogP contribution in [0.1, 0.15) is 0 Å². The summed E-state index contributed by atoms with van der Waals surface area (Å²) in [5.74, 6) is 0. The molecule has 0 aliphatic carbocycles. The number of anilines is 3. The Kier molecular flexibility index (Phi) is 4.02. The van der Waals surface area contributed by atoms with E-state index in [-0.39, 0.29) is 10.6 Å². The highest BCUT2D eigenvalue weighted by molar-refractivity contribution is 7.93. The van der Waals surface area contributed by atoms with E-state index in [4.69, 9.17) is 5.73 Å². The number of hydrogen-bond acceptors (Lipinski definition) is 5. The van der Waals surface area contributed by atoms with Crippen LogP contribution in [0.4, 0.5) is 17.1 Å². The van der Waals surface area contributed by atoms with E-state index >= 15 is 0 Å². The fraction of sp³-hybridized carbons (Fsp3) is 0.118. The molecule has 0 atom stereocenters. The molecule has 3 rings (SSSR count). The Morgan fingerprint density at radius 2 is 1.83 bits per heavy atom. The average molecular weight is 342 g/mol. The number of aromatic nitrogens is 1. The van der Waals surface area contributed by atoms with Gasteiger partial charge < -0.3 is 10.6 Å². The van der Waals surface area contributed by atoms with Crippen molar-refractivity contribution in [2.75, 3.05) is 29.5 Å². The first-order valence-electron chi connectivity index (χ1n) is 7.32. The fourth-order valence-electron chi connectivity index (χ4n) is 2.45. The number of hydrogen-bond donors (Lipinski definition) is 2. The van der Waals surface area contributed by atoms with Crippen LogP contribution in [-0.2, 0) is 10.0 Å². The predicted octanol–water partition coefficient (Wildman–Crippen LogP) is 2.68. The molecule has 0 unspecified atom stereocenters. The maximum absolute atomic E-state index is 12.7. The number of sulfonamides is 1. The summed E-state index contributed by atoms with van der Waals surface area (Å²) in [6, 6.07) is 13.9. The molecule has 6 nitrogen and oxygen atoms in total. The molecule has 1 aromatic heterocycles. The number of rotatable bonds is 4. The van der Waals surface area contributed by atoms with Gasteiger partial charge in [0.1, 0.15) is 4.90 Å². The lowest BCUT2D eigenvalue weighted by Gasteiger charge is -2.16. The number of nitrogen functional groups attached to an aromatic ring is 1. The quantitative estimate of drug-likeness (QED) is 0.712. The first kappa shape index (κ1) is 16.1. The van der Waals surface area contributed by atoms with E-state index in [1.54, 1.807) is 36.5 Å². The second-order valence-electron chi connectivity index (χ2n) is 5.60. The van der Waals surface area contributed by atoms with Gasteiger partial charge in [-0.3, -0.25) is 9.71 Å². The zero-order valence-electron chi connectivity index (χ0n) is 13.4. The van der Waals surface area contributed by atoms with E-state index in [1.165, 1.54) is 6.07 Å². The molecule has 0 saturated heterocycles. The van der Waals surface area contributed by atoms with Crippen LogP contribution < -0.4 is 15.4 Å². The molecule has 7 heteroatoms. The lowest BCUT2D eigenvalue weighted by molar-refractivity contribution is 0.601. The SMILES string of the molecule is CN(C)c1ccc(S(=O)(=O)Nc2cccc3cccnc23)c(N)c1. The zero-order chi connectivity index (χ0) is 17.3. The Morgan fingerprint density at radius 3 is 2.54 bits per heavy atom. The Bertz CT molecular complexity index is 995. The van der Waals surface area contributed by atoms with Gasteiger partial charge in [0, 0.05) is 31.4 Å². The van der Waals surface area contributed by atoms with Gasteiger partial charge in [0.2, 0.25) is 0 Å². The number of fused-ring (bicyclic) bond motifs is 1. The van der Waals surface area contributed by atoms with Crippen LogP contribution >= 0.6 is 0 Å². The number of nitrogens with zero attached hydrogens (tertiary/aromatic N) is 2. The van der Waals surface area contributed by atoms with Gasteiger partial charge in [-0.2, -0.15) is 0 Å². The van der Waals surface area contributed by atoms with Crippen molar-refractivity contribution >= 4 is 38.0 Å². The lowest BCUT2D eigenvalue weighted by Crippen LogP contribution is -2.16. The molecule has 0 spiro atoms. The van der Waals surface area contributed by atoms with Crippen molar-refractivity contribution in [1.29, 1.82) is 0 Å². The van der Waals surface area contributed by atoms with Gasteiger partial charge in [-0.25, -0.2) is 8.42 Å². The number of nitrogens with two attached hydrogens (primary N) is 1. The topological polar surface area (TPSA) is 88.3 Å². The Morgan fingerprint density at radius 1 is 1.08 bits per heavy atom. The Labute approximate surface area is 141 Å². The van der Waals surface area contributed by atoms with Crippen molar-refractivity contribution in [3.63, 3.8) is 0 Å². The Hall–Kier alpha value is -2.80. The molecular weight excluding hydrogens is 324 g/mol. The first-order chi connectivity index (χ1) is 11.4. The van der Waals surface area contributed by atoms with Gasteiger partial charge in [0.25, 0.3) is 10.0 Å². The third kappa shape index (κ3) is 2.98. The molecule has 124 valence electrons. The molecule has 0 aliphatic heterocycles. The molecule has 24 heavy (non-hydrogen) atoms. The average Bonchev–Trinajstić information content (AvgIpc) is 2.54. The highest BCUT2D eigenvalue weighted by atomic mass is 32.2. The molecule has 3 aromatic rings. The lowest BCUT2D eigenvalue weighted by atomic mass is 10.2. The second-order valence-corrected chi connectivity index (χ2v) is 7.25. The van der Waals surface area contributed by atoms with Gasteiger partial charge in [-0.15, -0.1) is 0 Å². The molecule has 0 bridgehead atoms. The molecular formula is C17H18N4O2S. The van der Waals surface area contributed by atoms with Gasteiger partial charge in [0.05, 0.1) is 16.9 Å². The highest BCUT2D eigenvalue weighted by Crippen LogP contribution is 2.28. The number of para-hydroxylation sites is 1. The van der Waals surface area contributed by atoms with Crippen molar-refractivity contribution in [1.82, 2.24) is 4.98 Å². The maximum Gasteiger partial charge on any atom is 0.264 e. The van der Waals surface area contributed by atoms with Crippen LogP contribution in [0.3, 0.4) is 0 Å². The van der Waals surface area contributed by atoms with E-state index < -0.39 is 10.0 Å². The van der Waals surface area contributed by atoms with Crippen molar-refractivity contribution < 1.29 is 8.42 Å². The summed E-state index contributed by atoms with van der Waals surface area (Å²) in [4.78, 5) is 6.15. The Balaban J connectivity index is 2.02. The molecule has 0 amide bonds. The van der Waals surface area contributed by atoms with Crippen molar-refractivity contribution in [2.24, 2.45) is 0 Å². The normalized spacial score (nSPS) is 11.4. The molecule has 0 aliphatic rings. The molecule has 0 fully saturated rings. The van der Waals surface area contributed by atoms with E-state index in [9.17, 15) is 8.42 Å². The van der Waals surface area contributed by atoms with Crippen LogP contribution in [-0.4, -0.2) is 27.5 Å². The van der Waals surface area contributed by atoms with Crippen molar-refractivity contribution in [2.45, 2.75) is 4.90 Å². The smallest absolute Gasteiger partial charge is 0.264 e. The summed E-state index contributed by atoms with van der Waals surface area (Å²) < 4.78 is 28.0. The largest absolute Gasteiger partial charge is 0.398 e. The molecule has 2 aromatic carbocycles. The van der Waals surface area contributed by atoms with Crippen molar-refractivity contribution in [3.8, 4) is 0 Å². The van der Waals surface area contributed by atoms with Crippen LogP contribution in [0.25, 0.3) is 10.9 Å². The van der Waals surface area contributed by atoms with E-state index in [0.717, 1.165) is 11.1 Å². The minimum Gasteiger partial charge on any atom is -0.398 e. The third-order valence-electron chi connectivity index (χ3n) is 3.68. The van der Waals surface area contributed by atoms with Crippen LogP contribution in [0, 0.1) is 0 Å². The van der Waals surface area contributed by atoms with Crippen molar-refractivity contribution in [3.05, 3.63) is 54.7 Å². The predicted molar refractivity (Wildman–Crippen MR) is 97.7 cm³/mol. The van der Waals surface area contributed by atoms with Crippen LogP contribution in [0.2, 0.25) is 0 Å². The van der Waals surface area contributed by atoms with E-state index in [1.807, 2.05) is 31.1 Å².